The largest absolute Gasteiger partial charge is 0.383 e. The fraction of sp³-hybridized carbons (Fsp3) is 0.500. The zero-order valence-corrected chi connectivity index (χ0v) is 12.8. The number of Topliss-reactive ketones (excluding diaryl/α,β-unsaturated/α-hetero) is 1. The van der Waals surface area contributed by atoms with E-state index in [2.05, 4.69) is 5.32 Å². The van der Waals surface area contributed by atoms with Crippen LogP contribution in [-0.2, 0) is 16.0 Å². The Bertz CT molecular complexity index is 542. The number of amides is 1. The molecule has 114 valence electrons. The predicted octanol–water partition coefficient (Wildman–Crippen LogP) is 1.40. The number of benzene rings is 1. The molecule has 21 heavy (non-hydrogen) atoms. The van der Waals surface area contributed by atoms with Gasteiger partial charge in [-0.2, -0.15) is 0 Å². The van der Waals surface area contributed by atoms with Crippen LogP contribution in [0.25, 0.3) is 0 Å². The van der Waals surface area contributed by atoms with Crippen molar-refractivity contribution in [3.8, 4) is 0 Å². The molecule has 0 aromatic heterocycles. The molecule has 1 heterocycles. The molecule has 1 unspecified atom stereocenters. The second-order valence-electron chi connectivity index (χ2n) is 5.30. The lowest BCUT2D eigenvalue weighted by molar-refractivity contribution is -0.116. The first kappa shape index (κ1) is 15.7. The Labute approximate surface area is 125 Å². The van der Waals surface area contributed by atoms with Gasteiger partial charge in [-0.15, -0.1) is 0 Å². The van der Waals surface area contributed by atoms with Crippen LogP contribution in [0, 0.1) is 0 Å². The van der Waals surface area contributed by atoms with Crippen molar-refractivity contribution in [1.82, 2.24) is 5.32 Å². The summed E-state index contributed by atoms with van der Waals surface area (Å²) >= 11 is 0. The van der Waals surface area contributed by atoms with Gasteiger partial charge in [0.2, 0.25) is 5.91 Å². The minimum absolute atomic E-state index is 0.0439. The van der Waals surface area contributed by atoms with Crippen molar-refractivity contribution in [3.63, 3.8) is 0 Å². The summed E-state index contributed by atoms with van der Waals surface area (Å²) in [6.07, 6.45) is 0.807. The fourth-order valence-corrected chi connectivity index (χ4v) is 2.60. The summed E-state index contributed by atoms with van der Waals surface area (Å²) in [5, 5.41) is 3.14. The van der Waals surface area contributed by atoms with Crippen LogP contribution in [0.4, 0.5) is 5.69 Å². The summed E-state index contributed by atoms with van der Waals surface area (Å²) in [6, 6.07) is 5.34. The lowest BCUT2D eigenvalue weighted by Gasteiger charge is -2.16. The van der Waals surface area contributed by atoms with Crippen LogP contribution in [0.2, 0.25) is 0 Å². The lowest BCUT2D eigenvalue weighted by Crippen LogP contribution is -2.36. The molecule has 0 radical (unpaired) electrons. The minimum atomic E-state index is -0.247. The molecule has 2 rings (SSSR count). The number of carbonyl (C=O) groups is 2. The number of rotatable bonds is 6. The van der Waals surface area contributed by atoms with Crippen LogP contribution in [0.15, 0.2) is 18.2 Å². The Hall–Kier alpha value is -1.72. The van der Waals surface area contributed by atoms with Crippen LogP contribution >= 0.6 is 0 Å². The highest BCUT2D eigenvalue weighted by atomic mass is 16.5. The third-order valence-corrected chi connectivity index (χ3v) is 3.79. The van der Waals surface area contributed by atoms with Gasteiger partial charge in [0, 0.05) is 38.4 Å². The molecular formula is C16H22N2O3. The van der Waals surface area contributed by atoms with E-state index in [4.69, 9.17) is 4.74 Å². The minimum Gasteiger partial charge on any atom is -0.383 e. The fourth-order valence-electron chi connectivity index (χ4n) is 2.60. The second-order valence-corrected chi connectivity index (χ2v) is 5.30. The molecule has 0 spiro atoms. The third-order valence-electron chi connectivity index (χ3n) is 3.79. The van der Waals surface area contributed by atoms with E-state index >= 15 is 0 Å². The van der Waals surface area contributed by atoms with Gasteiger partial charge in [-0.1, -0.05) is 0 Å². The van der Waals surface area contributed by atoms with Crippen LogP contribution in [0.3, 0.4) is 0 Å². The Morgan fingerprint density at radius 2 is 2.19 bits per heavy atom. The third kappa shape index (κ3) is 3.49. The highest BCUT2D eigenvalue weighted by Crippen LogP contribution is 2.29. The number of ketones is 1. The van der Waals surface area contributed by atoms with Gasteiger partial charge in [-0.05, 0) is 37.1 Å². The molecule has 0 bridgehead atoms. The summed E-state index contributed by atoms with van der Waals surface area (Å²) in [5.74, 6) is 0.109. The van der Waals surface area contributed by atoms with Crippen LogP contribution < -0.4 is 10.2 Å². The van der Waals surface area contributed by atoms with E-state index < -0.39 is 0 Å². The molecule has 0 fully saturated rings. The maximum absolute atomic E-state index is 12.4. The van der Waals surface area contributed by atoms with Crippen molar-refractivity contribution < 1.29 is 14.3 Å². The maximum Gasteiger partial charge on any atom is 0.223 e. The number of nitrogens with one attached hydrogen (secondary N) is 1. The zero-order valence-electron chi connectivity index (χ0n) is 12.8. The number of ether oxygens (including phenoxy) is 1. The number of hydrogen-bond acceptors (Lipinski definition) is 4. The lowest BCUT2D eigenvalue weighted by atomic mass is 10.0. The van der Waals surface area contributed by atoms with Gasteiger partial charge < -0.3 is 15.0 Å². The Balaban J connectivity index is 2.09. The molecule has 1 N–H and O–H groups in total. The van der Waals surface area contributed by atoms with Crippen molar-refractivity contribution in [2.75, 3.05) is 31.7 Å². The van der Waals surface area contributed by atoms with E-state index in [1.54, 1.807) is 25.0 Å². The number of hydrogen-bond donors (Lipinski definition) is 1. The standard InChI is InChI=1S/C16H22N2O3/c1-11(17-7-9-21-3)16(20)14-4-5-15-13(10-14)6-8-18(15)12(2)19/h4-5,10-11,17H,6-9H2,1-3H3. The Kier molecular flexibility index (Phi) is 5.09. The number of anilines is 1. The first-order chi connectivity index (χ1) is 10.0. The van der Waals surface area contributed by atoms with Crippen molar-refractivity contribution >= 4 is 17.4 Å². The molecule has 5 nitrogen and oxygen atoms in total. The molecule has 0 aliphatic carbocycles. The molecule has 5 heteroatoms. The van der Waals surface area contributed by atoms with Gasteiger partial charge in [0.05, 0.1) is 12.6 Å². The SMILES string of the molecule is COCCNC(C)C(=O)c1ccc2c(c1)CCN2C(C)=O. The predicted molar refractivity (Wildman–Crippen MR) is 81.8 cm³/mol. The Morgan fingerprint density at radius 3 is 2.86 bits per heavy atom. The van der Waals surface area contributed by atoms with Gasteiger partial charge in [-0.25, -0.2) is 0 Å². The highest BCUT2D eigenvalue weighted by Gasteiger charge is 2.24. The molecule has 1 aliphatic heterocycles. The monoisotopic (exact) mass is 290 g/mol. The summed E-state index contributed by atoms with van der Waals surface area (Å²) in [4.78, 5) is 25.6. The van der Waals surface area contributed by atoms with E-state index in [0.29, 0.717) is 25.3 Å². The summed E-state index contributed by atoms with van der Waals surface area (Å²) in [5.41, 5.74) is 2.69. The van der Waals surface area contributed by atoms with E-state index in [1.165, 1.54) is 0 Å². The highest BCUT2D eigenvalue weighted by molar-refractivity contribution is 6.01. The second kappa shape index (κ2) is 6.83. The van der Waals surface area contributed by atoms with E-state index in [0.717, 1.165) is 17.7 Å². The van der Waals surface area contributed by atoms with Crippen LogP contribution in [-0.4, -0.2) is 44.5 Å². The Morgan fingerprint density at radius 1 is 1.43 bits per heavy atom. The number of nitrogens with zero attached hydrogens (tertiary/aromatic N) is 1. The smallest absolute Gasteiger partial charge is 0.223 e. The van der Waals surface area contributed by atoms with Gasteiger partial charge in [0.1, 0.15) is 0 Å². The zero-order chi connectivity index (χ0) is 15.4. The van der Waals surface area contributed by atoms with E-state index in [1.807, 2.05) is 19.1 Å². The average Bonchev–Trinajstić information content (AvgIpc) is 2.89. The van der Waals surface area contributed by atoms with Gasteiger partial charge >= 0.3 is 0 Å². The molecule has 0 saturated heterocycles. The molecular weight excluding hydrogens is 268 g/mol. The molecule has 1 atom stereocenters. The summed E-state index contributed by atoms with van der Waals surface area (Å²) in [7, 11) is 1.63. The van der Waals surface area contributed by atoms with Crippen molar-refractivity contribution in [2.24, 2.45) is 0 Å². The van der Waals surface area contributed by atoms with Crippen LogP contribution in [0.1, 0.15) is 29.8 Å². The summed E-state index contributed by atoms with van der Waals surface area (Å²) in [6.45, 7) is 5.34. The molecule has 1 aromatic carbocycles. The van der Waals surface area contributed by atoms with Crippen molar-refractivity contribution in [2.45, 2.75) is 26.3 Å². The van der Waals surface area contributed by atoms with E-state index in [9.17, 15) is 9.59 Å². The first-order valence-corrected chi connectivity index (χ1v) is 7.22. The molecule has 1 amide bonds. The number of carbonyl (C=O) groups excluding carboxylic acids is 2. The summed E-state index contributed by atoms with van der Waals surface area (Å²) < 4.78 is 4.96. The quantitative estimate of drug-likeness (QED) is 0.635. The van der Waals surface area contributed by atoms with Crippen molar-refractivity contribution in [1.29, 1.82) is 0 Å². The van der Waals surface area contributed by atoms with Crippen molar-refractivity contribution in [3.05, 3.63) is 29.3 Å². The van der Waals surface area contributed by atoms with Gasteiger partial charge in [-0.3, -0.25) is 9.59 Å². The van der Waals surface area contributed by atoms with Crippen LogP contribution in [0.5, 0.6) is 0 Å². The molecule has 0 saturated carbocycles. The van der Waals surface area contributed by atoms with Gasteiger partial charge in [0.15, 0.2) is 5.78 Å². The first-order valence-electron chi connectivity index (χ1n) is 7.22. The number of methoxy groups -OCH3 is 1. The molecule has 1 aliphatic rings. The number of fused-ring (bicyclic) bond motifs is 1. The topological polar surface area (TPSA) is 58.6 Å². The van der Waals surface area contributed by atoms with E-state index in [-0.39, 0.29) is 17.7 Å². The molecule has 1 aromatic rings. The maximum atomic E-state index is 12.4. The normalized spacial score (nSPS) is 14.9. The van der Waals surface area contributed by atoms with Gasteiger partial charge in [0.25, 0.3) is 0 Å². The average molecular weight is 290 g/mol.